The molecule has 3 rings (SSSR count). The number of nitrogens with one attached hydrogen (secondary N) is 2. The number of carbonyl (C=O) groups is 1. The summed E-state index contributed by atoms with van der Waals surface area (Å²) in [7, 11) is 0. The van der Waals surface area contributed by atoms with Crippen molar-refractivity contribution in [3.05, 3.63) is 41.1 Å². The van der Waals surface area contributed by atoms with Crippen molar-refractivity contribution in [3.63, 3.8) is 0 Å². The van der Waals surface area contributed by atoms with Gasteiger partial charge in [0.2, 0.25) is 35.0 Å². The van der Waals surface area contributed by atoms with Crippen molar-refractivity contribution in [2.24, 2.45) is 0 Å². The summed E-state index contributed by atoms with van der Waals surface area (Å²) in [6.45, 7) is 0. The second-order valence-corrected chi connectivity index (χ2v) is 9.07. The number of hydrogen-bond donors (Lipinski definition) is 13. The number of hydrogen-bond acceptors (Lipinski definition) is 15. The molecule has 0 saturated carbocycles. The Bertz CT molecular complexity index is 1280. The van der Waals surface area contributed by atoms with Gasteiger partial charge in [0.05, 0.1) is 12.0 Å². The first-order valence-electron chi connectivity index (χ1n) is 10.3. The van der Waals surface area contributed by atoms with Crippen LogP contribution in [-0.4, -0.2) is 73.8 Å². The van der Waals surface area contributed by atoms with E-state index in [1.807, 2.05) is 0 Å². The molecule has 0 aliphatic carbocycles. The summed E-state index contributed by atoms with van der Waals surface area (Å²) in [5.41, 5.74) is 5.33. The van der Waals surface area contributed by atoms with E-state index in [0.29, 0.717) is 5.69 Å². The van der Waals surface area contributed by atoms with Gasteiger partial charge in [-0.05, 0) is 17.7 Å². The Balaban J connectivity index is 1.64. The molecule has 2 aromatic carbocycles. The van der Waals surface area contributed by atoms with Gasteiger partial charge < -0.3 is 62.1 Å². The van der Waals surface area contributed by atoms with Crippen LogP contribution < -0.4 is 16.4 Å². The fourth-order valence-corrected chi connectivity index (χ4v) is 3.97. The molecule has 0 radical (unpaired) electrons. The summed E-state index contributed by atoms with van der Waals surface area (Å²) in [6, 6.07) is 5.62. The molecule has 0 atom stereocenters. The zero-order valence-electron chi connectivity index (χ0n) is 18.7. The average Bonchev–Trinajstić information content (AvgIpc) is 3.10. The molecule has 16 heteroatoms. The quantitative estimate of drug-likeness (QED) is 0.0861. The number of nitrogens with two attached hydrogens (primary N) is 1. The molecule has 0 bridgehead atoms. The lowest BCUT2D eigenvalue weighted by molar-refractivity contribution is -0.284. The number of amides is 1. The third-order valence-corrected chi connectivity index (χ3v) is 5.73. The van der Waals surface area contributed by atoms with Crippen molar-refractivity contribution >= 4 is 28.1 Å². The number of phenolic OH excluding ortho intramolecular Hbond substituents is 5. The molecule has 0 spiro atoms. The molecule has 0 saturated heterocycles. The maximum absolute atomic E-state index is 12.1. The van der Waals surface area contributed by atoms with Crippen LogP contribution in [0.2, 0.25) is 0 Å². The number of nitrogens with zero attached hydrogens (tertiary/aromatic N) is 1. The Morgan fingerprint density at radius 1 is 0.838 bits per heavy atom. The van der Waals surface area contributed by atoms with Crippen LogP contribution in [0.5, 0.6) is 33.8 Å². The van der Waals surface area contributed by atoms with Crippen molar-refractivity contribution in [3.8, 4) is 33.8 Å². The molecule has 15 nitrogen and oxygen atoms in total. The number of aromatic hydroxyl groups is 6. The Hall–Kier alpha value is -4.06. The molecule has 3 aromatic rings. The summed E-state index contributed by atoms with van der Waals surface area (Å²) in [5.74, 6) is -12.8. The van der Waals surface area contributed by atoms with Crippen LogP contribution in [0.1, 0.15) is 16.8 Å². The van der Waals surface area contributed by atoms with E-state index in [2.05, 4.69) is 10.3 Å². The van der Waals surface area contributed by atoms with Gasteiger partial charge in [0.25, 0.3) is 0 Å². The van der Waals surface area contributed by atoms with E-state index in [4.69, 9.17) is 5.73 Å². The number of benzene rings is 2. The molecule has 0 unspecified atom stereocenters. The third kappa shape index (κ3) is 6.58. The van der Waals surface area contributed by atoms with E-state index >= 15 is 0 Å². The van der Waals surface area contributed by atoms with E-state index in [1.54, 1.807) is 5.32 Å². The Labute approximate surface area is 211 Å². The molecule has 0 aliphatic heterocycles. The van der Waals surface area contributed by atoms with E-state index in [9.17, 15) is 55.9 Å². The van der Waals surface area contributed by atoms with Gasteiger partial charge in [0.15, 0.2) is 21.7 Å². The number of anilines is 2. The Morgan fingerprint density at radius 3 is 1.86 bits per heavy atom. The summed E-state index contributed by atoms with van der Waals surface area (Å²) in [5, 5.41) is 103. The summed E-state index contributed by atoms with van der Waals surface area (Å²) >= 11 is 0.828. The van der Waals surface area contributed by atoms with Crippen LogP contribution in [-0.2, 0) is 24.1 Å². The molecular weight excluding hydrogens is 516 g/mol. The highest BCUT2D eigenvalue weighted by atomic mass is 32.1. The number of nitrogen functional groups attached to an aromatic ring is 1. The van der Waals surface area contributed by atoms with Crippen molar-refractivity contribution in [1.82, 2.24) is 10.3 Å². The summed E-state index contributed by atoms with van der Waals surface area (Å²) in [4.78, 5) is 16.0. The summed E-state index contributed by atoms with van der Waals surface area (Å²) < 4.78 is 0. The number of phenols is 5. The maximum Gasteiger partial charge on any atom is 0.230 e. The first-order chi connectivity index (χ1) is 17.1. The Morgan fingerprint density at radius 2 is 1.35 bits per heavy atom. The minimum atomic E-state index is -3.22. The standard InChI is InChI=1S/C21H24N4O11S/c22-19-24-11(18(32)37-19)5-12(26)23-9-3-1-8(2-4-9)6-20(33,34)25-21(35,36)7-10-13(27)15(29)17(31)16(30)14(10)28/h1-4,25,27-36H,5-7H2,(H2,22,24)(H,23,26). The number of aliphatic hydroxyl groups is 4. The minimum Gasteiger partial charge on any atom is -0.504 e. The van der Waals surface area contributed by atoms with Gasteiger partial charge in [-0.1, -0.05) is 23.5 Å². The predicted octanol–water partition coefficient (Wildman–Crippen LogP) is -1.21. The molecule has 1 amide bonds. The minimum absolute atomic E-state index is 0.109. The summed E-state index contributed by atoms with van der Waals surface area (Å²) in [6.07, 6.45) is -2.04. The van der Waals surface area contributed by atoms with Crippen molar-refractivity contribution in [1.29, 1.82) is 0 Å². The Kier molecular flexibility index (Phi) is 7.54. The first-order valence-corrected chi connectivity index (χ1v) is 11.1. The molecule has 200 valence electrons. The highest BCUT2D eigenvalue weighted by Gasteiger charge is 2.38. The second kappa shape index (κ2) is 10.1. The van der Waals surface area contributed by atoms with Gasteiger partial charge in [-0.25, -0.2) is 10.3 Å². The van der Waals surface area contributed by atoms with Crippen LogP contribution >= 0.6 is 11.3 Å². The smallest absolute Gasteiger partial charge is 0.230 e. The first kappa shape index (κ1) is 27.5. The molecule has 0 aliphatic rings. The monoisotopic (exact) mass is 540 g/mol. The molecular formula is C21H24N4O11S. The van der Waals surface area contributed by atoms with Gasteiger partial charge >= 0.3 is 0 Å². The van der Waals surface area contributed by atoms with Crippen LogP contribution in [0, 0.1) is 0 Å². The van der Waals surface area contributed by atoms with Crippen molar-refractivity contribution in [2.75, 3.05) is 11.1 Å². The average molecular weight is 541 g/mol. The largest absolute Gasteiger partial charge is 0.504 e. The molecule has 14 N–H and O–H groups in total. The molecule has 1 heterocycles. The lowest BCUT2D eigenvalue weighted by atomic mass is 10.0. The molecule has 1 aromatic heterocycles. The maximum atomic E-state index is 12.1. The van der Waals surface area contributed by atoms with E-state index < -0.39 is 64.9 Å². The fourth-order valence-electron chi connectivity index (χ4n) is 3.38. The fraction of sp³-hybridized carbons (Fsp3) is 0.238. The van der Waals surface area contributed by atoms with Gasteiger partial charge in [-0.15, -0.1) is 0 Å². The lowest BCUT2D eigenvalue weighted by Gasteiger charge is -2.32. The van der Waals surface area contributed by atoms with Crippen molar-refractivity contribution in [2.45, 2.75) is 31.1 Å². The van der Waals surface area contributed by atoms with E-state index in [1.165, 1.54) is 24.3 Å². The highest BCUT2D eigenvalue weighted by molar-refractivity contribution is 7.17. The number of rotatable bonds is 9. The van der Waals surface area contributed by atoms with Crippen LogP contribution in [0.4, 0.5) is 10.8 Å². The van der Waals surface area contributed by atoms with Gasteiger partial charge in [-0.3, -0.25) is 4.79 Å². The number of carbonyl (C=O) groups excluding carboxylic acids is 1. The van der Waals surface area contributed by atoms with Crippen molar-refractivity contribution < 1.29 is 55.9 Å². The zero-order chi connectivity index (χ0) is 27.7. The SMILES string of the molecule is Nc1nc(CC(=O)Nc2ccc(CC(O)(O)NC(O)(O)Cc3c(O)c(O)c(O)c(O)c3O)cc2)c(O)s1. The second-order valence-electron chi connectivity index (χ2n) is 8.06. The third-order valence-electron chi connectivity index (χ3n) is 5.00. The van der Waals surface area contributed by atoms with Gasteiger partial charge in [0, 0.05) is 18.5 Å². The van der Waals surface area contributed by atoms with Crippen LogP contribution in [0.25, 0.3) is 0 Å². The van der Waals surface area contributed by atoms with E-state index in [-0.39, 0.29) is 27.9 Å². The van der Waals surface area contributed by atoms with Crippen LogP contribution in [0.15, 0.2) is 24.3 Å². The van der Waals surface area contributed by atoms with Gasteiger partial charge in [0.1, 0.15) is 5.69 Å². The lowest BCUT2D eigenvalue weighted by Crippen LogP contribution is -2.60. The molecule has 37 heavy (non-hydrogen) atoms. The predicted molar refractivity (Wildman–Crippen MR) is 127 cm³/mol. The highest BCUT2D eigenvalue weighted by Crippen LogP contribution is 2.51. The topological polar surface area (TPSA) is 282 Å². The zero-order valence-corrected chi connectivity index (χ0v) is 19.6. The normalized spacial score (nSPS) is 12.0. The molecule has 0 fully saturated rings. The number of aromatic nitrogens is 1. The van der Waals surface area contributed by atoms with Gasteiger partial charge in [-0.2, -0.15) is 0 Å². The van der Waals surface area contributed by atoms with Crippen LogP contribution in [0.3, 0.4) is 0 Å². The number of thiazole rings is 1. The van der Waals surface area contributed by atoms with E-state index in [0.717, 1.165) is 11.3 Å².